The van der Waals surface area contributed by atoms with Crippen molar-refractivity contribution < 1.29 is 14.0 Å². The summed E-state index contributed by atoms with van der Waals surface area (Å²) in [5.41, 5.74) is 2.72. The molecule has 1 heterocycles. The fourth-order valence-electron chi connectivity index (χ4n) is 3.52. The molecule has 0 aromatic heterocycles. The number of benzene rings is 2. The van der Waals surface area contributed by atoms with Crippen LogP contribution >= 0.6 is 0 Å². The van der Waals surface area contributed by atoms with E-state index >= 15 is 0 Å². The Bertz CT molecular complexity index is 825. The van der Waals surface area contributed by atoms with Gasteiger partial charge in [0.05, 0.1) is 6.42 Å². The molecule has 0 aliphatic carbocycles. The van der Waals surface area contributed by atoms with Crippen LogP contribution in [0.25, 0.3) is 0 Å². The summed E-state index contributed by atoms with van der Waals surface area (Å²) in [5.74, 6) is 0.0207. The lowest BCUT2D eigenvalue weighted by Crippen LogP contribution is -2.42. The Balaban J connectivity index is 1.48. The highest BCUT2D eigenvalue weighted by Crippen LogP contribution is 2.22. The summed E-state index contributed by atoms with van der Waals surface area (Å²) in [5, 5.41) is 2.98. The molecule has 148 valence electrons. The van der Waals surface area contributed by atoms with E-state index in [2.05, 4.69) is 19.2 Å². The molecule has 3 rings (SSSR count). The lowest BCUT2D eigenvalue weighted by Gasteiger charge is -2.31. The Morgan fingerprint density at radius 1 is 1.11 bits per heavy atom. The zero-order valence-corrected chi connectivity index (χ0v) is 16.5. The molecule has 1 fully saturated rings. The zero-order chi connectivity index (χ0) is 20.1. The number of nitrogens with one attached hydrogen (secondary N) is 1. The summed E-state index contributed by atoms with van der Waals surface area (Å²) < 4.78 is 13.3. The molecule has 28 heavy (non-hydrogen) atoms. The summed E-state index contributed by atoms with van der Waals surface area (Å²) in [6, 6.07) is 14.1. The van der Waals surface area contributed by atoms with Gasteiger partial charge in [-0.05, 0) is 54.2 Å². The Labute approximate surface area is 165 Å². The number of likely N-dealkylation sites (tertiary alicyclic amines) is 1. The summed E-state index contributed by atoms with van der Waals surface area (Å²) >= 11 is 0. The molecular formula is C23H27FN2O2. The van der Waals surface area contributed by atoms with Gasteiger partial charge in [0.15, 0.2) is 0 Å². The first kappa shape index (κ1) is 20.1. The minimum Gasteiger partial charge on any atom is -0.342 e. The summed E-state index contributed by atoms with van der Waals surface area (Å²) in [6.07, 6.45) is 1.48. The maximum atomic E-state index is 13.3. The van der Waals surface area contributed by atoms with Crippen molar-refractivity contribution in [1.82, 2.24) is 4.90 Å². The van der Waals surface area contributed by atoms with Crippen molar-refractivity contribution in [2.75, 3.05) is 18.4 Å². The third-order valence-corrected chi connectivity index (χ3v) is 5.31. The zero-order valence-electron chi connectivity index (χ0n) is 16.5. The number of piperidine rings is 1. The van der Waals surface area contributed by atoms with Crippen molar-refractivity contribution >= 4 is 17.5 Å². The second-order valence-corrected chi connectivity index (χ2v) is 7.73. The van der Waals surface area contributed by atoms with E-state index in [0.717, 1.165) is 5.69 Å². The van der Waals surface area contributed by atoms with Crippen molar-refractivity contribution in [3.8, 4) is 0 Å². The van der Waals surface area contributed by atoms with E-state index in [0.29, 0.717) is 37.4 Å². The van der Waals surface area contributed by atoms with Gasteiger partial charge in [-0.2, -0.15) is 0 Å². The average Bonchev–Trinajstić information content (AvgIpc) is 2.68. The number of hydrogen-bond acceptors (Lipinski definition) is 2. The minimum atomic E-state index is -0.331. The first-order valence-corrected chi connectivity index (χ1v) is 9.85. The van der Waals surface area contributed by atoms with E-state index in [9.17, 15) is 14.0 Å². The molecule has 5 heteroatoms. The predicted molar refractivity (Wildman–Crippen MR) is 109 cm³/mol. The van der Waals surface area contributed by atoms with Crippen molar-refractivity contribution in [2.24, 2.45) is 5.92 Å². The third-order valence-electron chi connectivity index (χ3n) is 5.31. The van der Waals surface area contributed by atoms with Crippen molar-refractivity contribution in [2.45, 2.75) is 39.0 Å². The molecule has 0 radical (unpaired) electrons. The molecule has 1 saturated heterocycles. The van der Waals surface area contributed by atoms with E-state index in [4.69, 9.17) is 0 Å². The average molecular weight is 382 g/mol. The Morgan fingerprint density at radius 2 is 1.79 bits per heavy atom. The van der Waals surface area contributed by atoms with Crippen LogP contribution in [-0.4, -0.2) is 29.8 Å². The first-order valence-electron chi connectivity index (χ1n) is 9.85. The molecule has 0 spiro atoms. The van der Waals surface area contributed by atoms with Gasteiger partial charge in [-0.25, -0.2) is 4.39 Å². The van der Waals surface area contributed by atoms with Gasteiger partial charge in [-0.1, -0.05) is 38.1 Å². The van der Waals surface area contributed by atoms with Crippen LogP contribution in [0.4, 0.5) is 10.1 Å². The molecule has 0 atom stereocenters. The quantitative estimate of drug-likeness (QED) is 0.835. The van der Waals surface area contributed by atoms with Gasteiger partial charge < -0.3 is 10.2 Å². The molecule has 4 nitrogen and oxygen atoms in total. The van der Waals surface area contributed by atoms with Gasteiger partial charge in [0.2, 0.25) is 11.8 Å². The maximum Gasteiger partial charge on any atom is 0.227 e. The van der Waals surface area contributed by atoms with Gasteiger partial charge >= 0.3 is 0 Å². The van der Waals surface area contributed by atoms with Crippen LogP contribution < -0.4 is 5.32 Å². The third kappa shape index (κ3) is 5.18. The standard InChI is InChI=1S/C23H27FN2O2/c1-16(2)18-6-8-21(9-7-18)25-23(28)19-10-12-26(13-11-19)22(27)15-17-4-3-5-20(24)14-17/h3-9,14,16,19H,10-13,15H2,1-2H3,(H,25,28). The van der Waals surface area contributed by atoms with Crippen LogP contribution in [0.2, 0.25) is 0 Å². The molecule has 2 aromatic carbocycles. The summed E-state index contributed by atoms with van der Waals surface area (Å²) in [7, 11) is 0. The van der Waals surface area contributed by atoms with E-state index in [1.54, 1.807) is 17.0 Å². The molecular weight excluding hydrogens is 355 g/mol. The van der Waals surface area contributed by atoms with Gasteiger partial charge in [-0.15, -0.1) is 0 Å². The Hall–Kier alpha value is -2.69. The molecule has 2 amide bonds. The maximum absolute atomic E-state index is 13.3. The number of hydrogen-bond donors (Lipinski definition) is 1. The van der Waals surface area contributed by atoms with Gasteiger partial charge in [0.1, 0.15) is 5.82 Å². The Kier molecular flexibility index (Phi) is 6.45. The van der Waals surface area contributed by atoms with Crippen LogP contribution in [0.1, 0.15) is 43.7 Å². The second-order valence-electron chi connectivity index (χ2n) is 7.73. The van der Waals surface area contributed by atoms with Gasteiger partial charge in [0.25, 0.3) is 0 Å². The smallest absolute Gasteiger partial charge is 0.227 e. The molecule has 1 aliphatic heterocycles. The number of rotatable bonds is 5. The topological polar surface area (TPSA) is 49.4 Å². The number of carbonyl (C=O) groups excluding carboxylic acids is 2. The van der Waals surface area contributed by atoms with Crippen molar-refractivity contribution in [1.29, 1.82) is 0 Å². The van der Waals surface area contributed by atoms with Crippen LogP contribution in [0.15, 0.2) is 48.5 Å². The highest BCUT2D eigenvalue weighted by Gasteiger charge is 2.27. The van der Waals surface area contributed by atoms with Crippen LogP contribution in [0.3, 0.4) is 0 Å². The van der Waals surface area contributed by atoms with Crippen molar-refractivity contribution in [3.63, 3.8) is 0 Å². The monoisotopic (exact) mass is 382 g/mol. The summed E-state index contributed by atoms with van der Waals surface area (Å²) in [6.45, 7) is 5.38. The number of halogens is 1. The Morgan fingerprint density at radius 3 is 2.39 bits per heavy atom. The lowest BCUT2D eigenvalue weighted by atomic mass is 9.95. The van der Waals surface area contributed by atoms with Crippen LogP contribution in [-0.2, 0) is 16.0 Å². The molecule has 1 N–H and O–H groups in total. The molecule has 2 aromatic rings. The van der Waals surface area contributed by atoms with Crippen molar-refractivity contribution in [3.05, 3.63) is 65.5 Å². The van der Waals surface area contributed by atoms with E-state index < -0.39 is 0 Å². The molecule has 0 saturated carbocycles. The number of carbonyl (C=O) groups is 2. The molecule has 0 unspecified atom stereocenters. The lowest BCUT2D eigenvalue weighted by molar-refractivity contribution is -0.133. The fraction of sp³-hybridized carbons (Fsp3) is 0.391. The number of anilines is 1. The number of nitrogens with zero attached hydrogens (tertiary/aromatic N) is 1. The SMILES string of the molecule is CC(C)c1ccc(NC(=O)C2CCN(C(=O)Cc3cccc(F)c3)CC2)cc1. The van der Waals surface area contributed by atoms with E-state index in [1.165, 1.54) is 17.7 Å². The second kappa shape index (κ2) is 9.00. The fourth-order valence-corrected chi connectivity index (χ4v) is 3.52. The molecule has 1 aliphatic rings. The first-order chi connectivity index (χ1) is 13.4. The minimum absolute atomic E-state index is 0.00882. The van der Waals surface area contributed by atoms with E-state index in [-0.39, 0.29) is 30.0 Å². The highest BCUT2D eigenvalue weighted by molar-refractivity contribution is 5.92. The van der Waals surface area contributed by atoms with Gasteiger partial charge in [0, 0.05) is 24.7 Å². The molecule has 0 bridgehead atoms. The van der Waals surface area contributed by atoms with E-state index in [1.807, 2.05) is 24.3 Å². The number of amides is 2. The summed E-state index contributed by atoms with van der Waals surface area (Å²) in [4.78, 5) is 26.7. The largest absolute Gasteiger partial charge is 0.342 e. The predicted octanol–water partition coefficient (Wildman–Crippen LogP) is 4.37. The van der Waals surface area contributed by atoms with Crippen LogP contribution in [0, 0.1) is 11.7 Å². The normalized spacial score (nSPS) is 14.9. The highest BCUT2D eigenvalue weighted by atomic mass is 19.1. The van der Waals surface area contributed by atoms with Gasteiger partial charge in [-0.3, -0.25) is 9.59 Å². The van der Waals surface area contributed by atoms with Crippen LogP contribution in [0.5, 0.6) is 0 Å².